The van der Waals surface area contributed by atoms with Crippen LogP contribution in [0.4, 0.5) is 11.6 Å². The Bertz CT molecular complexity index is 1390. The van der Waals surface area contributed by atoms with Crippen molar-refractivity contribution in [3.05, 3.63) is 76.8 Å². The highest BCUT2D eigenvalue weighted by atomic mass is 79.9. The van der Waals surface area contributed by atoms with Gasteiger partial charge in [0, 0.05) is 27.7 Å². The van der Waals surface area contributed by atoms with Crippen molar-refractivity contribution in [2.45, 2.75) is 6.23 Å². The van der Waals surface area contributed by atoms with Gasteiger partial charge in [-0.25, -0.2) is 9.97 Å². The van der Waals surface area contributed by atoms with Crippen LogP contribution in [-0.2, 0) is 0 Å². The fourth-order valence-corrected chi connectivity index (χ4v) is 3.68. The topological polar surface area (TPSA) is 112 Å². The number of hydrogen-bond acceptors (Lipinski definition) is 7. The Morgan fingerprint density at radius 3 is 2.94 bits per heavy atom. The number of halogens is 1. The first-order valence-electron chi connectivity index (χ1n) is 9.27. The van der Waals surface area contributed by atoms with Crippen molar-refractivity contribution >= 4 is 50.0 Å². The molecule has 0 saturated heterocycles. The van der Waals surface area contributed by atoms with Crippen LogP contribution in [-0.4, -0.2) is 25.2 Å². The summed E-state index contributed by atoms with van der Waals surface area (Å²) in [6.07, 6.45) is 5.50. The fraction of sp³-hybridized carbons (Fsp3) is 0.0455. The van der Waals surface area contributed by atoms with E-state index in [4.69, 9.17) is 9.51 Å². The molecule has 0 radical (unpaired) electrons. The first-order valence-corrected chi connectivity index (χ1v) is 10.1. The molecule has 1 aliphatic rings. The van der Waals surface area contributed by atoms with E-state index in [1.165, 1.54) is 0 Å². The molecule has 8 nitrogen and oxygen atoms in total. The lowest BCUT2D eigenvalue weighted by Crippen LogP contribution is -2.22. The van der Waals surface area contributed by atoms with Crippen molar-refractivity contribution in [2.75, 3.05) is 5.32 Å². The van der Waals surface area contributed by atoms with Crippen molar-refractivity contribution in [1.82, 2.24) is 25.4 Å². The molecule has 0 spiro atoms. The number of allylic oxidation sites excluding steroid dienone is 1. The summed E-state index contributed by atoms with van der Waals surface area (Å²) in [6.45, 7) is 3.68. The number of aromatic amines is 1. The number of anilines is 2. The third-order valence-electron chi connectivity index (χ3n) is 4.73. The summed E-state index contributed by atoms with van der Waals surface area (Å²) in [7, 11) is 0. The fourth-order valence-electron chi connectivity index (χ4n) is 3.32. The van der Waals surface area contributed by atoms with E-state index in [0.717, 1.165) is 15.2 Å². The second-order valence-corrected chi connectivity index (χ2v) is 7.61. The smallest absolute Gasteiger partial charge is 0.175 e. The van der Waals surface area contributed by atoms with Crippen LogP contribution in [0, 0.1) is 11.8 Å². The van der Waals surface area contributed by atoms with E-state index in [-0.39, 0.29) is 0 Å². The van der Waals surface area contributed by atoms with E-state index >= 15 is 0 Å². The maximum Gasteiger partial charge on any atom is 0.175 e. The third-order valence-corrected chi connectivity index (χ3v) is 5.22. The van der Waals surface area contributed by atoms with Gasteiger partial charge >= 0.3 is 0 Å². The Labute approximate surface area is 185 Å². The maximum absolute atomic E-state index is 10.7. The van der Waals surface area contributed by atoms with Gasteiger partial charge in [0.2, 0.25) is 0 Å². The summed E-state index contributed by atoms with van der Waals surface area (Å²) in [5.74, 6) is 7.72. The zero-order valence-electron chi connectivity index (χ0n) is 16.0. The van der Waals surface area contributed by atoms with Crippen LogP contribution in [0.1, 0.15) is 28.9 Å². The Balaban J connectivity index is 1.69. The standard InChI is InChI=1S/C22H15BrN6O2/c1-2-15-8-18(29-31-15)27-21-16-6-4-13(23)7-17(16)19-20(28-21)12(9-25-22(19)30)3-5-14-10-24-11-26-14/h2,4,6-11,22,25,30H,1H2,(H,24,26)(H,27,28,29). The largest absolute Gasteiger partial charge is 0.369 e. The van der Waals surface area contributed by atoms with Crippen LogP contribution in [0.15, 0.2) is 58.6 Å². The van der Waals surface area contributed by atoms with Crippen LogP contribution in [0.3, 0.4) is 0 Å². The minimum absolute atomic E-state index is 0.495. The zero-order chi connectivity index (χ0) is 21.4. The molecule has 9 heteroatoms. The summed E-state index contributed by atoms with van der Waals surface area (Å²) >= 11 is 3.52. The van der Waals surface area contributed by atoms with Gasteiger partial charge in [0.25, 0.3) is 0 Å². The summed E-state index contributed by atoms with van der Waals surface area (Å²) in [6, 6.07) is 7.50. The Morgan fingerprint density at radius 1 is 1.26 bits per heavy atom. The molecule has 1 atom stereocenters. The van der Waals surface area contributed by atoms with E-state index < -0.39 is 6.23 Å². The average Bonchev–Trinajstić information content (AvgIpc) is 3.45. The highest BCUT2D eigenvalue weighted by Gasteiger charge is 2.25. The number of imidazole rings is 1. The zero-order valence-corrected chi connectivity index (χ0v) is 17.6. The van der Waals surface area contributed by atoms with Crippen molar-refractivity contribution in [3.63, 3.8) is 0 Å². The first-order chi connectivity index (χ1) is 15.1. The lowest BCUT2D eigenvalue weighted by molar-refractivity contribution is 0.155. The number of hydrogen-bond donors (Lipinski definition) is 4. The first kappa shape index (κ1) is 19.1. The number of nitrogens with one attached hydrogen (secondary N) is 3. The summed E-state index contributed by atoms with van der Waals surface area (Å²) in [5.41, 5.74) is 2.52. The van der Waals surface area contributed by atoms with E-state index in [9.17, 15) is 5.11 Å². The van der Waals surface area contributed by atoms with Crippen molar-refractivity contribution in [1.29, 1.82) is 0 Å². The van der Waals surface area contributed by atoms with E-state index in [1.807, 2.05) is 18.2 Å². The number of aliphatic hydroxyl groups is 1. The highest BCUT2D eigenvalue weighted by Crippen LogP contribution is 2.37. The van der Waals surface area contributed by atoms with E-state index in [1.54, 1.807) is 30.9 Å². The van der Waals surface area contributed by atoms with Gasteiger partial charge in [0.05, 0.1) is 23.8 Å². The average molecular weight is 475 g/mol. The van der Waals surface area contributed by atoms with Crippen LogP contribution in [0.2, 0.25) is 0 Å². The Kier molecular flexibility index (Phi) is 4.78. The molecule has 0 fully saturated rings. The molecule has 0 aliphatic carbocycles. The predicted molar refractivity (Wildman–Crippen MR) is 121 cm³/mol. The predicted octanol–water partition coefficient (Wildman–Crippen LogP) is 4.08. The number of H-pyrrole nitrogens is 1. The monoisotopic (exact) mass is 474 g/mol. The number of rotatable bonds is 3. The van der Waals surface area contributed by atoms with Gasteiger partial charge in [0.15, 0.2) is 17.8 Å². The van der Waals surface area contributed by atoms with Crippen LogP contribution < -0.4 is 10.6 Å². The van der Waals surface area contributed by atoms with Gasteiger partial charge in [-0.15, -0.1) is 0 Å². The van der Waals surface area contributed by atoms with Gasteiger partial charge in [-0.3, -0.25) is 0 Å². The molecule has 4 aromatic rings. The summed E-state index contributed by atoms with van der Waals surface area (Å²) < 4.78 is 6.07. The highest BCUT2D eigenvalue weighted by molar-refractivity contribution is 9.10. The molecule has 5 rings (SSSR count). The van der Waals surface area contributed by atoms with Gasteiger partial charge in [0.1, 0.15) is 11.5 Å². The van der Waals surface area contributed by atoms with Gasteiger partial charge < -0.3 is 25.2 Å². The molecule has 1 aromatic carbocycles. The second kappa shape index (κ2) is 7.75. The summed E-state index contributed by atoms with van der Waals surface area (Å²) in [5, 5.41) is 22.5. The molecule has 0 amide bonds. The molecule has 4 N–H and O–H groups in total. The van der Waals surface area contributed by atoms with Gasteiger partial charge in [-0.1, -0.05) is 33.6 Å². The lowest BCUT2D eigenvalue weighted by Gasteiger charge is -2.24. The number of aromatic nitrogens is 4. The number of benzene rings is 1. The summed E-state index contributed by atoms with van der Waals surface area (Å²) in [4.78, 5) is 11.7. The normalized spacial score (nSPS) is 14.8. The minimum atomic E-state index is -0.925. The number of fused-ring (bicyclic) bond motifs is 3. The van der Waals surface area contributed by atoms with Crippen molar-refractivity contribution in [2.24, 2.45) is 0 Å². The van der Waals surface area contributed by atoms with Crippen molar-refractivity contribution < 1.29 is 9.63 Å². The van der Waals surface area contributed by atoms with E-state index in [0.29, 0.717) is 39.9 Å². The molecular formula is C22H15BrN6O2. The van der Waals surface area contributed by atoms with Crippen LogP contribution >= 0.6 is 15.9 Å². The maximum atomic E-state index is 10.7. The van der Waals surface area contributed by atoms with Crippen LogP contribution in [0.25, 0.3) is 22.4 Å². The molecule has 152 valence electrons. The van der Waals surface area contributed by atoms with Crippen molar-refractivity contribution in [3.8, 4) is 11.8 Å². The molecule has 3 aromatic heterocycles. The van der Waals surface area contributed by atoms with Gasteiger partial charge in [-0.2, -0.15) is 0 Å². The molecule has 0 bridgehead atoms. The Morgan fingerprint density at radius 2 is 2.16 bits per heavy atom. The second-order valence-electron chi connectivity index (χ2n) is 6.70. The third kappa shape index (κ3) is 3.59. The quantitative estimate of drug-likeness (QED) is 0.331. The molecule has 4 heterocycles. The lowest BCUT2D eigenvalue weighted by atomic mass is 9.96. The molecular weight excluding hydrogens is 460 g/mol. The molecule has 31 heavy (non-hydrogen) atoms. The number of pyridine rings is 1. The number of aliphatic hydroxyl groups excluding tert-OH is 1. The minimum Gasteiger partial charge on any atom is -0.369 e. The molecule has 1 aliphatic heterocycles. The SMILES string of the molecule is C=Cc1cc(Nc2nc3c(c4cc(Br)ccc24)C(O)NC=C3C#Cc2cnc[nH]2)no1. The van der Waals surface area contributed by atoms with Crippen LogP contribution in [0.5, 0.6) is 0 Å². The van der Waals surface area contributed by atoms with Gasteiger partial charge in [-0.05, 0) is 35.6 Å². The Hall–Kier alpha value is -3.87. The number of nitrogens with zero attached hydrogens (tertiary/aromatic N) is 3. The van der Waals surface area contributed by atoms with E-state index in [2.05, 4.69) is 60.1 Å². The molecule has 0 saturated carbocycles. The molecule has 1 unspecified atom stereocenters.